The lowest BCUT2D eigenvalue weighted by Crippen LogP contribution is -2.22. The van der Waals surface area contributed by atoms with Crippen LogP contribution in [0.25, 0.3) is 11.1 Å². The minimum atomic E-state index is -0.660. The van der Waals surface area contributed by atoms with Crippen LogP contribution in [0.1, 0.15) is 25.0 Å². The summed E-state index contributed by atoms with van der Waals surface area (Å²) in [5.41, 5.74) is 2.95. The molecule has 25 heavy (non-hydrogen) atoms. The van der Waals surface area contributed by atoms with Gasteiger partial charge in [0.05, 0.1) is 0 Å². The molecule has 0 saturated heterocycles. The van der Waals surface area contributed by atoms with Gasteiger partial charge in [0.25, 0.3) is 0 Å². The van der Waals surface area contributed by atoms with Crippen LogP contribution in [0.4, 0.5) is 0 Å². The molecule has 0 saturated carbocycles. The second kappa shape index (κ2) is 9.71. The Morgan fingerprint density at radius 2 is 1.40 bits per heavy atom. The number of nitro groups is 1. The summed E-state index contributed by atoms with van der Waals surface area (Å²) in [4.78, 5) is 11.0. The van der Waals surface area contributed by atoms with Crippen molar-refractivity contribution < 1.29 is 14.4 Å². The van der Waals surface area contributed by atoms with E-state index in [1.54, 1.807) is 0 Å². The third-order valence-electron chi connectivity index (χ3n) is 3.69. The molecule has 132 valence electrons. The normalized spacial score (nSPS) is 12.1. The van der Waals surface area contributed by atoms with Crippen LogP contribution in [0, 0.1) is 10.1 Å². The van der Waals surface area contributed by atoms with Crippen molar-refractivity contribution in [2.45, 2.75) is 20.1 Å². The number of rotatable bonds is 9. The van der Waals surface area contributed by atoms with Gasteiger partial charge in [-0.15, -0.1) is 0 Å². The zero-order valence-electron chi connectivity index (χ0n) is 14.6. The van der Waals surface area contributed by atoms with E-state index in [1.165, 1.54) is 0 Å². The molecule has 0 aromatic heterocycles. The first-order valence-corrected chi connectivity index (χ1v) is 8.36. The Morgan fingerprint density at radius 3 is 1.84 bits per heavy atom. The van der Waals surface area contributed by atoms with E-state index < -0.39 is 6.29 Å². The van der Waals surface area contributed by atoms with Crippen LogP contribution in [0.2, 0.25) is 0 Å². The van der Waals surface area contributed by atoms with E-state index in [4.69, 9.17) is 9.47 Å². The Balaban J connectivity index is 2.69. The van der Waals surface area contributed by atoms with E-state index in [0.29, 0.717) is 24.4 Å². The zero-order chi connectivity index (χ0) is 18.1. The quantitative estimate of drug-likeness (QED) is 0.296. The molecule has 0 aliphatic carbocycles. The summed E-state index contributed by atoms with van der Waals surface area (Å²) in [5, 5.41) is 11.3. The van der Waals surface area contributed by atoms with Gasteiger partial charge >= 0.3 is 0 Å². The lowest BCUT2D eigenvalue weighted by molar-refractivity contribution is -0.465. The summed E-state index contributed by atoms with van der Waals surface area (Å²) >= 11 is 0. The minimum Gasteiger partial charge on any atom is -0.349 e. The van der Waals surface area contributed by atoms with Gasteiger partial charge in [0, 0.05) is 29.3 Å². The Kier molecular flexibility index (Phi) is 7.32. The first kappa shape index (κ1) is 18.8. The summed E-state index contributed by atoms with van der Waals surface area (Å²) < 4.78 is 11.6. The van der Waals surface area contributed by atoms with E-state index >= 15 is 0 Å². The third kappa shape index (κ3) is 5.24. The van der Waals surface area contributed by atoms with Gasteiger partial charge in [-0.25, -0.2) is 0 Å². The van der Waals surface area contributed by atoms with Gasteiger partial charge < -0.3 is 9.47 Å². The molecule has 5 nitrogen and oxygen atoms in total. The topological polar surface area (TPSA) is 61.6 Å². The van der Waals surface area contributed by atoms with Crippen LogP contribution in [-0.4, -0.2) is 31.0 Å². The molecule has 0 bridgehead atoms. The van der Waals surface area contributed by atoms with E-state index in [0.717, 1.165) is 11.1 Å². The van der Waals surface area contributed by atoms with Crippen molar-refractivity contribution in [3.8, 4) is 0 Å². The highest BCUT2D eigenvalue weighted by atomic mass is 16.7. The van der Waals surface area contributed by atoms with Crippen molar-refractivity contribution in [2.24, 2.45) is 0 Å². The van der Waals surface area contributed by atoms with Crippen molar-refractivity contribution in [3.63, 3.8) is 0 Å². The number of ether oxygens (including phenoxy) is 2. The first-order valence-electron chi connectivity index (χ1n) is 8.36. The Labute approximate surface area is 148 Å². The fourth-order valence-corrected chi connectivity index (χ4v) is 2.69. The number of nitrogens with zero attached hydrogens (tertiary/aromatic N) is 1. The summed E-state index contributed by atoms with van der Waals surface area (Å²) in [6, 6.07) is 18.9. The maximum atomic E-state index is 11.3. The molecule has 0 unspecified atom stereocenters. The summed E-state index contributed by atoms with van der Waals surface area (Å²) in [6.07, 6.45) is -0.660. The molecule has 0 heterocycles. The van der Waals surface area contributed by atoms with Crippen molar-refractivity contribution in [1.82, 2.24) is 0 Å². The highest BCUT2D eigenvalue weighted by Crippen LogP contribution is 2.31. The second-order valence-electron chi connectivity index (χ2n) is 5.36. The van der Waals surface area contributed by atoms with Gasteiger partial charge in [-0.05, 0) is 25.0 Å². The van der Waals surface area contributed by atoms with Gasteiger partial charge in [0.15, 0.2) is 6.29 Å². The Morgan fingerprint density at radius 1 is 0.920 bits per heavy atom. The van der Waals surface area contributed by atoms with Crippen molar-refractivity contribution >= 4 is 11.1 Å². The predicted molar refractivity (Wildman–Crippen MR) is 98.6 cm³/mol. The van der Waals surface area contributed by atoms with E-state index in [9.17, 15) is 10.1 Å². The second-order valence-corrected chi connectivity index (χ2v) is 5.36. The highest BCUT2D eigenvalue weighted by molar-refractivity contribution is 5.92. The number of hydrogen-bond donors (Lipinski definition) is 0. The average Bonchev–Trinajstić information content (AvgIpc) is 2.63. The summed E-state index contributed by atoms with van der Waals surface area (Å²) in [7, 11) is 0. The molecule has 0 atom stereocenters. The lowest BCUT2D eigenvalue weighted by atomic mass is 9.94. The number of hydrogen-bond acceptors (Lipinski definition) is 4. The van der Waals surface area contributed by atoms with Crippen LogP contribution in [0.5, 0.6) is 0 Å². The molecule has 0 N–H and O–H groups in total. The first-order chi connectivity index (χ1) is 12.2. The fraction of sp³-hybridized carbons (Fsp3) is 0.300. The van der Waals surface area contributed by atoms with Crippen LogP contribution >= 0.6 is 0 Å². The van der Waals surface area contributed by atoms with Gasteiger partial charge in [-0.3, -0.25) is 10.1 Å². The third-order valence-corrected chi connectivity index (χ3v) is 3.69. The molecular formula is C20H23NO4. The maximum Gasteiger partial charge on any atom is 0.229 e. The van der Waals surface area contributed by atoms with Crippen LogP contribution < -0.4 is 0 Å². The molecule has 2 rings (SSSR count). The van der Waals surface area contributed by atoms with Crippen LogP contribution in [0.15, 0.2) is 60.7 Å². The Hall–Kier alpha value is -2.50. The summed E-state index contributed by atoms with van der Waals surface area (Å²) in [5.74, 6) is 0. The Bertz CT molecular complexity index is 692. The van der Waals surface area contributed by atoms with E-state index in [1.807, 2.05) is 74.5 Å². The molecule has 0 spiro atoms. The summed E-state index contributed by atoms with van der Waals surface area (Å²) in [6.45, 7) is 4.35. The molecule has 0 radical (unpaired) electrons. The van der Waals surface area contributed by atoms with Gasteiger partial charge in [0.1, 0.15) is 0 Å². The largest absolute Gasteiger partial charge is 0.349 e. The standard InChI is InChI=1S/C20H23NO4/c1-3-24-20(25-4-2)19(17-13-9-6-10-14-17)18(15-21(22)23)16-11-7-5-8-12-16/h5-14,20H,3-4,15H2,1-2H3. The lowest BCUT2D eigenvalue weighted by Gasteiger charge is -2.23. The number of benzene rings is 2. The molecule has 2 aromatic carbocycles. The fourth-order valence-electron chi connectivity index (χ4n) is 2.69. The van der Waals surface area contributed by atoms with E-state index in [-0.39, 0.29) is 11.5 Å². The molecule has 2 aromatic rings. The SMILES string of the molecule is CCOC(OCC)C(=C(C[N+](=O)[O-])c1ccccc1)c1ccccc1. The maximum absolute atomic E-state index is 11.3. The van der Waals surface area contributed by atoms with E-state index in [2.05, 4.69) is 0 Å². The zero-order valence-corrected chi connectivity index (χ0v) is 14.6. The predicted octanol–water partition coefficient (Wildman–Crippen LogP) is 4.27. The van der Waals surface area contributed by atoms with Gasteiger partial charge in [0.2, 0.25) is 6.54 Å². The van der Waals surface area contributed by atoms with Crippen molar-refractivity contribution in [2.75, 3.05) is 19.8 Å². The highest BCUT2D eigenvalue weighted by Gasteiger charge is 2.24. The van der Waals surface area contributed by atoms with Gasteiger partial charge in [-0.2, -0.15) is 0 Å². The van der Waals surface area contributed by atoms with Crippen LogP contribution in [0.3, 0.4) is 0 Å². The molecular weight excluding hydrogens is 318 g/mol. The monoisotopic (exact) mass is 341 g/mol. The minimum absolute atomic E-state index is 0.301. The molecule has 0 amide bonds. The van der Waals surface area contributed by atoms with Crippen molar-refractivity contribution in [1.29, 1.82) is 0 Å². The molecule has 0 fully saturated rings. The van der Waals surface area contributed by atoms with Crippen molar-refractivity contribution in [3.05, 3.63) is 81.9 Å². The van der Waals surface area contributed by atoms with Crippen LogP contribution in [-0.2, 0) is 9.47 Å². The molecule has 5 heteroatoms. The molecule has 0 aliphatic rings. The smallest absolute Gasteiger partial charge is 0.229 e. The molecule has 0 aliphatic heterocycles. The average molecular weight is 341 g/mol. The van der Waals surface area contributed by atoms with Gasteiger partial charge in [-0.1, -0.05) is 60.7 Å².